The highest BCUT2D eigenvalue weighted by Crippen LogP contribution is 2.28. The van der Waals surface area contributed by atoms with Crippen molar-refractivity contribution in [3.63, 3.8) is 0 Å². The smallest absolute Gasteiger partial charge is 0.0661 e. The van der Waals surface area contributed by atoms with Gasteiger partial charge in [0.1, 0.15) is 0 Å². The van der Waals surface area contributed by atoms with E-state index in [1.165, 1.54) is 18.4 Å². The van der Waals surface area contributed by atoms with Gasteiger partial charge in [-0.15, -0.1) is 0 Å². The third kappa shape index (κ3) is 2.48. The van der Waals surface area contributed by atoms with Gasteiger partial charge < -0.3 is 4.57 Å². The number of hydrogen-bond acceptors (Lipinski definition) is 0. The number of unbranched alkanes of at least 4 members (excludes halogenated alkanes) is 1. The molecule has 0 saturated heterocycles. The van der Waals surface area contributed by atoms with Gasteiger partial charge in [-0.2, -0.15) is 0 Å². The Balaban J connectivity index is 2.25. The van der Waals surface area contributed by atoms with Gasteiger partial charge in [-0.3, -0.25) is 0 Å². The van der Waals surface area contributed by atoms with Crippen LogP contribution in [0.25, 0.3) is 11.1 Å². The fraction of sp³-hybridized carbons (Fsp3) is 0.286. The van der Waals surface area contributed by atoms with E-state index in [1.807, 2.05) is 24.4 Å². The van der Waals surface area contributed by atoms with Crippen molar-refractivity contribution in [3.05, 3.63) is 47.7 Å². The summed E-state index contributed by atoms with van der Waals surface area (Å²) in [6.45, 7) is 3.24. The van der Waals surface area contributed by atoms with Crippen LogP contribution in [0.5, 0.6) is 0 Å². The maximum absolute atomic E-state index is 6.24. The Morgan fingerprint density at radius 2 is 1.88 bits per heavy atom. The van der Waals surface area contributed by atoms with Crippen LogP contribution in [-0.4, -0.2) is 4.57 Å². The van der Waals surface area contributed by atoms with Gasteiger partial charge in [-0.05, 0) is 12.0 Å². The van der Waals surface area contributed by atoms with E-state index in [0.29, 0.717) is 0 Å². The number of halogens is 1. The quantitative estimate of drug-likeness (QED) is 0.727. The minimum Gasteiger partial charge on any atom is -0.352 e. The third-order valence-corrected chi connectivity index (χ3v) is 2.99. The van der Waals surface area contributed by atoms with Crippen molar-refractivity contribution in [1.29, 1.82) is 0 Å². The van der Waals surface area contributed by atoms with Crippen molar-refractivity contribution in [2.24, 2.45) is 0 Å². The molecule has 1 aromatic heterocycles. The molecule has 0 saturated carbocycles. The molecule has 2 aromatic rings. The van der Waals surface area contributed by atoms with Crippen LogP contribution >= 0.6 is 11.6 Å². The molecule has 84 valence electrons. The van der Waals surface area contributed by atoms with E-state index in [-0.39, 0.29) is 0 Å². The van der Waals surface area contributed by atoms with Crippen molar-refractivity contribution in [2.45, 2.75) is 26.3 Å². The topological polar surface area (TPSA) is 4.93 Å². The van der Waals surface area contributed by atoms with E-state index < -0.39 is 0 Å². The van der Waals surface area contributed by atoms with Gasteiger partial charge in [0, 0.05) is 24.5 Å². The van der Waals surface area contributed by atoms with E-state index in [4.69, 9.17) is 11.6 Å². The first-order valence-corrected chi connectivity index (χ1v) is 6.09. The van der Waals surface area contributed by atoms with Gasteiger partial charge in [-0.25, -0.2) is 0 Å². The standard InChI is InChI=1S/C14H16ClN/c1-2-3-9-16-10-13(14(15)11-16)12-7-5-4-6-8-12/h4-8,10-11H,2-3,9H2,1H3. The molecular formula is C14H16ClN. The van der Waals surface area contributed by atoms with Crippen LogP contribution in [0.1, 0.15) is 19.8 Å². The Morgan fingerprint density at radius 3 is 2.56 bits per heavy atom. The van der Waals surface area contributed by atoms with Gasteiger partial charge in [0.25, 0.3) is 0 Å². The lowest BCUT2D eigenvalue weighted by molar-refractivity contribution is 0.635. The molecule has 0 spiro atoms. The Labute approximate surface area is 102 Å². The molecule has 0 bridgehead atoms. The largest absolute Gasteiger partial charge is 0.352 e. The molecule has 0 aliphatic carbocycles. The van der Waals surface area contributed by atoms with Crippen molar-refractivity contribution in [2.75, 3.05) is 0 Å². The molecule has 0 aliphatic rings. The summed E-state index contributed by atoms with van der Waals surface area (Å²) in [7, 11) is 0. The first-order valence-electron chi connectivity index (χ1n) is 5.72. The molecule has 0 atom stereocenters. The second-order valence-electron chi connectivity index (χ2n) is 3.98. The van der Waals surface area contributed by atoms with E-state index in [1.54, 1.807) is 0 Å². The van der Waals surface area contributed by atoms with E-state index in [2.05, 4.69) is 29.8 Å². The number of benzene rings is 1. The van der Waals surface area contributed by atoms with Crippen molar-refractivity contribution >= 4 is 11.6 Å². The average molecular weight is 234 g/mol. The zero-order chi connectivity index (χ0) is 11.4. The van der Waals surface area contributed by atoms with Crippen LogP contribution < -0.4 is 0 Å². The molecule has 2 heteroatoms. The molecule has 0 amide bonds. The molecule has 2 rings (SSSR count). The highest BCUT2D eigenvalue weighted by Gasteiger charge is 2.06. The highest BCUT2D eigenvalue weighted by molar-refractivity contribution is 6.33. The molecular weight excluding hydrogens is 218 g/mol. The second kappa shape index (κ2) is 5.22. The van der Waals surface area contributed by atoms with Crippen LogP contribution in [0.4, 0.5) is 0 Å². The highest BCUT2D eigenvalue weighted by atomic mass is 35.5. The maximum atomic E-state index is 6.24. The van der Waals surface area contributed by atoms with Gasteiger partial charge >= 0.3 is 0 Å². The maximum Gasteiger partial charge on any atom is 0.0661 e. The molecule has 16 heavy (non-hydrogen) atoms. The van der Waals surface area contributed by atoms with Crippen molar-refractivity contribution < 1.29 is 0 Å². The summed E-state index contributed by atoms with van der Waals surface area (Å²) < 4.78 is 2.17. The number of aromatic nitrogens is 1. The summed E-state index contributed by atoms with van der Waals surface area (Å²) in [5.74, 6) is 0. The molecule has 0 radical (unpaired) electrons. The van der Waals surface area contributed by atoms with Gasteiger partial charge in [0.2, 0.25) is 0 Å². The van der Waals surface area contributed by atoms with Crippen LogP contribution in [0, 0.1) is 0 Å². The Hall–Kier alpha value is -1.21. The van der Waals surface area contributed by atoms with Gasteiger partial charge in [0.05, 0.1) is 5.02 Å². The van der Waals surface area contributed by atoms with E-state index >= 15 is 0 Å². The minimum absolute atomic E-state index is 0.835. The lowest BCUT2D eigenvalue weighted by atomic mass is 10.1. The second-order valence-corrected chi connectivity index (χ2v) is 4.38. The van der Waals surface area contributed by atoms with Crippen LogP contribution in [0.15, 0.2) is 42.7 Å². The fourth-order valence-electron chi connectivity index (χ4n) is 1.78. The molecule has 0 aliphatic heterocycles. The van der Waals surface area contributed by atoms with Crippen LogP contribution in [0.2, 0.25) is 5.02 Å². The zero-order valence-electron chi connectivity index (χ0n) is 9.49. The van der Waals surface area contributed by atoms with Gasteiger partial charge in [-0.1, -0.05) is 55.3 Å². The zero-order valence-corrected chi connectivity index (χ0v) is 10.2. The summed E-state index contributed by atoms with van der Waals surface area (Å²) in [6, 6.07) is 10.3. The number of rotatable bonds is 4. The lowest BCUT2D eigenvalue weighted by Crippen LogP contribution is -1.92. The predicted octanol–water partition coefficient (Wildman–Crippen LogP) is 4.61. The summed E-state index contributed by atoms with van der Waals surface area (Å²) >= 11 is 6.24. The summed E-state index contributed by atoms with van der Waals surface area (Å²) in [4.78, 5) is 0. The number of nitrogens with zero attached hydrogens (tertiary/aromatic N) is 1. The Kier molecular flexibility index (Phi) is 3.68. The average Bonchev–Trinajstić information content (AvgIpc) is 2.69. The Morgan fingerprint density at radius 1 is 1.12 bits per heavy atom. The molecule has 0 fully saturated rings. The lowest BCUT2D eigenvalue weighted by Gasteiger charge is -1.99. The first-order chi connectivity index (χ1) is 7.81. The molecule has 1 heterocycles. The fourth-order valence-corrected chi connectivity index (χ4v) is 2.06. The predicted molar refractivity (Wildman–Crippen MR) is 69.8 cm³/mol. The monoisotopic (exact) mass is 233 g/mol. The molecule has 1 aromatic carbocycles. The van der Waals surface area contributed by atoms with Crippen molar-refractivity contribution in [1.82, 2.24) is 4.57 Å². The summed E-state index contributed by atoms with van der Waals surface area (Å²) in [5.41, 5.74) is 2.31. The molecule has 0 N–H and O–H groups in total. The van der Waals surface area contributed by atoms with Crippen LogP contribution in [0.3, 0.4) is 0 Å². The summed E-state index contributed by atoms with van der Waals surface area (Å²) in [6.07, 6.45) is 6.54. The van der Waals surface area contributed by atoms with Crippen molar-refractivity contribution in [3.8, 4) is 11.1 Å². The molecule has 1 nitrogen and oxygen atoms in total. The minimum atomic E-state index is 0.835. The molecule has 0 unspecified atom stereocenters. The van der Waals surface area contributed by atoms with E-state index in [0.717, 1.165) is 17.1 Å². The number of aryl methyl sites for hydroxylation is 1. The van der Waals surface area contributed by atoms with E-state index in [9.17, 15) is 0 Å². The normalized spacial score (nSPS) is 10.6. The van der Waals surface area contributed by atoms with Crippen LogP contribution in [-0.2, 0) is 6.54 Å². The first kappa shape index (κ1) is 11.3. The SMILES string of the molecule is CCCCn1cc(Cl)c(-c2ccccc2)c1. The van der Waals surface area contributed by atoms with Gasteiger partial charge in [0.15, 0.2) is 0 Å². The number of hydrogen-bond donors (Lipinski definition) is 0. The Bertz CT molecular complexity index is 445. The summed E-state index contributed by atoms with van der Waals surface area (Å²) in [5, 5.41) is 0.835. The third-order valence-electron chi connectivity index (χ3n) is 2.69.